The average molecular weight is 505 g/mol. The molecule has 2 atom stereocenters. The molecule has 1 amide bonds. The number of hydrogen-bond donors (Lipinski definition) is 1. The maximum atomic E-state index is 12.6. The van der Waals surface area contributed by atoms with E-state index in [0.717, 1.165) is 22.0 Å². The molecule has 4 rings (SSSR count). The normalized spacial score (nSPS) is 17.7. The van der Waals surface area contributed by atoms with Gasteiger partial charge < -0.3 is 4.74 Å². The highest BCUT2D eigenvalue weighted by Crippen LogP contribution is 2.47. The van der Waals surface area contributed by atoms with Gasteiger partial charge in [-0.25, -0.2) is 5.43 Å². The molecule has 0 saturated heterocycles. The van der Waals surface area contributed by atoms with Crippen LogP contribution in [0.4, 0.5) is 0 Å². The number of nitrogens with zero attached hydrogens (tertiary/aromatic N) is 1. The first kappa shape index (κ1) is 23.2. The van der Waals surface area contributed by atoms with Crippen LogP contribution in [0.3, 0.4) is 0 Å². The SMILES string of the molecule is CC(C)(C)c1ccc([C@@H]2C[C@@H]2C(=O)N/N=C/c2cc(Br)ccc2OCc2ccccc2)cc1. The van der Waals surface area contributed by atoms with Gasteiger partial charge in [-0.15, -0.1) is 0 Å². The third-order valence-corrected chi connectivity index (χ3v) is 6.41. The number of hydrazone groups is 1. The van der Waals surface area contributed by atoms with Crippen molar-refractivity contribution in [3.05, 3.63) is 99.5 Å². The molecular weight excluding hydrogens is 476 g/mol. The van der Waals surface area contributed by atoms with Crippen molar-refractivity contribution in [3.8, 4) is 5.75 Å². The summed E-state index contributed by atoms with van der Waals surface area (Å²) in [6.45, 7) is 7.08. The number of amides is 1. The molecule has 1 N–H and O–H groups in total. The highest BCUT2D eigenvalue weighted by atomic mass is 79.9. The second-order valence-electron chi connectivity index (χ2n) is 9.51. The van der Waals surface area contributed by atoms with Gasteiger partial charge in [-0.3, -0.25) is 4.79 Å². The fourth-order valence-corrected chi connectivity index (χ4v) is 4.20. The largest absolute Gasteiger partial charge is 0.488 e. The van der Waals surface area contributed by atoms with Crippen LogP contribution in [0.5, 0.6) is 5.75 Å². The monoisotopic (exact) mass is 504 g/mol. The summed E-state index contributed by atoms with van der Waals surface area (Å²) in [4.78, 5) is 12.6. The Hall–Kier alpha value is -2.92. The third kappa shape index (κ3) is 6.11. The van der Waals surface area contributed by atoms with E-state index in [4.69, 9.17) is 4.74 Å². The Bertz CT molecular complexity index is 1130. The minimum atomic E-state index is -0.0436. The lowest BCUT2D eigenvalue weighted by molar-refractivity contribution is -0.122. The van der Waals surface area contributed by atoms with Crippen LogP contribution in [-0.2, 0) is 16.8 Å². The van der Waals surface area contributed by atoms with Gasteiger partial charge >= 0.3 is 0 Å². The summed E-state index contributed by atoms with van der Waals surface area (Å²) in [5, 5.41) is 4.21. The average Bonchev–Trinajstić information content (AvgIpc) is 3.60. The maximum absolute atomic E-state index is 12.6. The first-order chi connectivity index (χ1) is 15.8. The number of carbonyl (C=O) groups excluding carboxylic acids is 1. The van der Waals surface area contributed by atoms with Crippen LogP contribution in [0.15, 0.2) is 82.4 Å². The molecule has 0 heterocycles. The van der Waals surface area contributed by atoms with E-state index in [1.807, 2.05) is 48.5 Å². The molecule has 33 heavy (non-hydrogen) atoms. The molecule has 1 fully saturated rings. The van der Waals surface area contributed by atoms with Crippen molar-refractivity contribution in [2.24, 2.45) is 11.0 Å². The zero-order chi connectivity index (χ0) is 23.4. The number of ether oxygens (including phenoxy) is 1. The molecule has 170 valence electrons. The Kier molecular flexibility index (Phi) is 6.99. The van der Waals surface area contributed by atoms with Crippen molar-refractivity contribution in [2.45, 2.75) is 45.1 Å². The lowest BCUT2D eigenvalue weighted by Crippen LogP contribution is -2.20. The third-order valence-electron chi connectivity index (χ3n) is 5.92. The van der Waals surface area contributed by atoms with Crippen LogP contribution < -0.4 is 10.2 Å². The molecule has 0 radical (unpaired) electrons. The van der Waals surface area contributed by atoms with Gasteiger partial charge in [0.25, 0.3) is 0 Å². The summed E-state index contributed by atoms with van der Waals surface area (Å²) in [5.74, 6) is 0.907. The summed E-state index contributed by atoms with van der Waals surface area (Å²) in [5.41, 5.74) is 7.24. The molecule has 0 bridgehead atoms. The molecular formula is C28H29BrN2O2. The molecule has 0 unspecified atom stereocenters. The van der Waals surface area contributed by atoms with Gasteiger partial charge in [-0.1, -0.05) is 91.3 Å². The van der Waals surface area contributed by atoms with Gasteiger partial charge in [-0.2, -0.15) is 5.10 Å². The lowest BCUT2D eigenvalue weighted by Gasteiger charge is -2.19. The summed E-state index contributed by atoms with van der Waals surface area (Å²) >= 11 is 3.49. The van der Waals surface area contributed by atoms with Gasteiger partial charge in [0, 0.05) is 16.0 Å². The number of nitrogens with one attached hydrogen (secondary N) is 1. The Morgan fingerprint density at radius 1 is 1.09 bits per heavy atom. The van der Waals surface area contributed by atoms with Crippen LogP contribution in [-0.4, -0.2) is 12.1 Å². The van der Waals surface area contributed by atoms with Crippen LogP contribution in [0.25, 0.3) is 0 Å². The topological polar surface area (TPSA) is 50.7 Å². The van der Waals surface area contributed by atoms with Gasteiger partial charge in [0.2, 0.25) is 5.91 Å². The van der Waals surface area contributed by atoms with E-state index in [2.05, 4.69) is 71.5 Å². The van der Waals surface area contributed by atoms with Crippen molar-refractivity contribution in [1.29, 1.82) is 0 Å². The smallest absolute Gasteiger partial charge is 0.243 e. The molecule has 0 aromatic heterocycles. The van der Waals surface area contributed by atoms with Crippen molar-refractivity contribution in [2.75, 3.05) is 0 Å². The minimum absolute atomic E-state index is 0.0288. The van der Waals surface area contributed by atoms with Gasteiger partial charge in [0.1, 0.15) is 12.4 Å². The molecule has 5 heteroatoms. The predicted molar refractivity (Wildman–Crippen MR) is 137 cm³/mol. The van der Waals surface area contributed by atoms with E-state index in [9.17, 15) is 4.79 Å². The van der Waals surface area contributed by atoms with Crippen molar-refractivity contribution in [1.82, 2.24) is 5.43 Å². The van der Waals surface area contributed by atoms with Gasteiger partial charge in [0.05, 0.1) is 6.21 Å². The van der Waals surface area contributed by atoms with Crippen LogP contribution in [0, 0.1) is 5.92 Å². The molecule has 3 aromatic rings. The zero-order valence-electron chi connectivity index (χ0n) is 19.2. The molecule has 1 saturated carbocycles. The maximum Gasteiger partial charge on any atom is 0.243 e. The predicted octanol–water partition coefficient (Wildman–Crippen LogP) is 6.58. The van der Waals surface area contributed by atoms with E-state index in [1.165, 1.54) is 11.1 Å². The van der Waals surface area contributed by atoms with Crippen molar-refractivity contribution in [3.63, 3.8) is 0 Å². The summed E-state index contributed by atoms with van der Waals surface area (Å²) in [6, 6.07) is 24.4. The minimum Gasteiger partial charge on any atom is -0.488 e. The first-order valence-electron chi connectivity index (χ1n) is 11.2. The second kappa shape index (κ2) is 9.92. The standard InChI is InChI=1S/C28H29BrN2O2/c1-28(2,3)22-11-9-20(10-12-22)24-16-25(24)27(32)31-30-17-21-15-23(29)13-14-26(21)33-18-19-7-5-4-6-8-19/h4-15,17,24-25H,16,18H2,1-3H3,(H,31,32)/b30-17+/t24-,25-/m0/s1. The fourth-order valence-electron chi connectivity index (χ4n) is 3.82. The molecule has 0 aliphatic heterocycles. The van der Waals surface area contributed by atoms with Crippen molar-refractivity contribution >= 4 is 28.1 Å². The summed E-state index contributed by atoms with van der Waals surface area (Å²) in [7, 11) is 0. The van der Waals surface area contributed by atoms with Crippen LogP contribution in [0.2, 0.25) is 0 Å². The lowest BCUT2D eigenvalue weighted by atomic mass is 9.86. The number of benzene rings is 3. The quantitative estimate of drug-likeness (QED) is 0.291. The fraction of sp³-hybridized carbons (Fsp3) is 0.286. The first-order valence-corrected chi connectivity index (χ1v) is 12.0. The molecule has 1 aliphatic carbocycles. The van der Waals surface area contributed by atoms with Crippen LogP contribution >= 0.6 is 15.9 Å². The van der Waals surface area contributed by atoms with Crippen LogP contribution in [0.1, 0.15) is 55.4 Å². The van der Waals surface area contributed by atoms with Gasteiger partial charge in [-0.05, 0) is 52.6 Å². The Labute approximate surface area is 204 Å². The number of carbonyl (C=O) groups is 1. The molecule has 4 nitrogen and oxygen atoms in total. The van der Waals surface area contributed by atoms with E-state index in [-0.39, 0.29) is 23.2 Å². The second-order valence-corrected chi connectivity index (χ2v) is 10.4. The molecule has 1 aliphatic rings. The zero-order valence-corrected chi connectivity index (χ0v) is 20.8. The molecule has 0 spiro atoms. The van der Waals surface area contributed by atoms with E-state index < -0.39 is 0 Å². The van der Waals surface area contributed by atoms with Gasteiger partial charge in [0.15, 0.2) is 0 Å². The van der Waals surface area contributed by atoms with E-state index in [0.29, 0.717) is 12.4 Å². The number of hydrogen-bond acceptors (Lipinski definition) is 3. The highest BCUT2D eigenvalue weighted by molar-refractivity contribution is 9.10. The Morgan fingerprint density at radius 3 is 2.52 bits per heavy atom. The van der Waals surface area contributed by atoms with Crippen molar-refractivity contribution < 1.29 is 9.53 Å². The number of rotatable bonds is 7. The highest BCUT2D eigenvalue weighted by Gasteiger charge is 2.44. The van der Waals surface area contributed by atoms with E-state index >= 15 is 0 Å². The Morgan fingerprint density at radius 2 is 1.82 bits per heavy atom. The Balaban J connectivity index is 1.34. The van der Waals surface area contributed by atoms with E-state index in [1.54, 1.807) is 6.21 Å². The summed E-state index contributed by atoms with van der Waals surface area (Å²) < 4.78 is 6.90. The summed E-state index contributed by atoms with van der Waals surface area (Å²) in [6.07, 6.45) is 2.50. The number of halogens is 1. The molecule has 3 aromatic carbocycles.